The summed E-state index contributed by atoms with van der Waals surface area (Å²) >= 11 is 14.1. The molecule has 1 aromatic rings. The van der Waals surface area contributed by atoms with Gasteiger partial charge in [0.1, 0.15) is 0 Å². The van der Waals surface area contributed by atoms with Gasteiger partial charge in [-0.2, -0.15) is 11.8 Å². The summed E-state index contributed by atoms with van der Waals surface area (Å²) in [6.45, 7) is 0. The molecule has 1 aliphatic rings. The predicted molar refractivity (Wildman–Crippen MR) is 76.8 cm³/mol. The fraction of sp³-hybridized carbons (Fsp3) is 0.500. The molecule has 5 heteroatoms. The Morgan fingerprint density at radius 2 is 2.29 bits per heavy atom. The minimum Gasteiger partial charge on any atom is -0.271 e. The van der Waals surface area contributed by atoms with E-state index in [2.05, 4.69) is 5.43 Å². The van der Waals surface area contributed by atoms with E-state index in [4.69, 9.17) is 29.0 Å². The summed E-state index contributed by atoms with van der Waals surface area (Å²) in [5, 5.41) is 2.06. The second-order valence-corrected chi connectivity index (χ2v) is 6.46. The Hall–Kier alpha value is 0.0700. The maximum atomic E-state index is 6.17. The Morgan fingerprint density at radius 3 is 2.94 bits per heavy atom. The molecular formula is C12H16Cl2N2S. The quantitative estimate of drug-likeness (QED) is 0.660. The van der Waals surface area contributed by atoms with Gasteiger partial charge in [-0.1, -0.05) is 23.2 Å². The molecule has 17 heavy (non-hydrogen) atoms. The molecule has 1 heterocycles. The lowest BCUT2D eigenvalue weighted by atomic mass is 10.0. The average Bonchev–Trinajstić information content (AvgIpc) is 2.84. The SMILES string of the molecule is NNC(Cc1cc(Cl)ccc1Cl)C1CCCS1. The molecule has 2 unspecified atom stereocenters. The van der Waals surface area contributed by atoms with Gasteiger partial charge in [0.05, 0.1) is 0 Å². The number of nitrogens with one attached hydrogen (secondary N) is 1. The summed E-state index contributed by atoms with van der Waals surface area (Å²) in [5.41, 5.74) is 3.98. The van der Waals surface area contributed by atoms with Crippen LogP contribution in [0.2, 0.25) is 10.0 Å². The third-order valence-corrected chi connectivity index (χ3v) is 5.20. The molecule has 2 atom stereocenters. The number of nitrogens with two attached hydrogens (primary N) is 1. The van der Waals surface area contributed by atoms with Gasteiger partial charge in [-0.25, -0.2) is 0 Å². The fourth-order valence-electron chi connectivity index (χ4n) is 2.15. The van der Waals surface area contributed by atoms with Crippen molar-refractivity contribution in [3.63, 3.8) is 0 Å². The molecule has 0 bridgehead atoms. The molecule has 0 aliphatic carbocycles. The van der Waals surface area contributed by atoms with Crippen molar-refractivity contribution >= 4 is 35.0 Å². The Kier molecular flexibility index (Phi) is 5.00. The summed E-state index contributed by atoms with van der Waals surface area (Å²) in [4.78, 5) is 0. The Balaban J connectivity index is 2.09. The van der Waals surface area contributed by atoms with Crippen molar-refractivity contribution in [2.75, 3.05) is 5.75 Å². The van der Waals surface area contributed by atoms with Crippen LogP contribution in [0.5, 0.6) is 0 Å². The molecule has 0 spiro atoms. The summed E-state index contributed by atoms with van der Waals surface area (Å²) < 4.78 is 0. The summed E-state index contributed by atoms with van der Waals surface area (Å²) in [6, 6.07) is 5.84. The lowest BCUT2D eigenvalue weighted by Gasteiger charge is -2.22. The normalized spacial score (nSPS) is 21.7. The largest absolute Gasteiger partial charge is 0.271 e. The first-order chi connectivity index (χ1) is 8.20. The van der Waals surface area contributed by atoms with Crippen LogP contribution in [0, 0.1) is 0 Å². The van der Waals surface area contributed by atoms with E-state index in [1.54, 1.807) is 0 Å². The Bertz CT molecular complexity index is 381. The molecule has 3 N–H and O–H groups in total. The van der Waals surface area contributed by atoms with Gasteiger partial charge >= 0.3 is 0 Å². The minimum atomic E-state index is 0.262. The number of benzene rings is 1. The second kappa shape index (κ2) is 6.30. The van der Waals surface area contributed by atoms with Crippen LogP contribution in [0.1, 0.15) is 18.4 Å². The van der Waals surface area contributed by atoms with Crippen LogP contribution in [0.4, 0.5) is 0 Å². The lowest BCUT2D eigenvalue weighted by Crippen LogP contribution is -2.43. The molecule has 0 amide bonds. The van der Waals surface area contributed by atoms with Crippen molar-refractivity contribution in [3.05, 3.63) is 33.8 Å². The van der Waals surface area contributed by atoms with Gasteiger partial charge in [0, 0.05) is 21.3 Å². The predicted octanol–water partition coefficient (Wildman–Crippen LogP) is 3.26. The molecule has 0 aromatic heterocycles. The van der Waals surface area contributed by atoms with Crippen molar-refractivity contribution in [3.8, 4) is 0 Å². The van der Waals surface area contributed by atoms with E-state index in [0.717, 1.165) is 22.0 Å². The average molecular weight is 291 g/mol. The second-order valence-electron chi connectivity index (χ2n) is 4.26. The van der Waals surface area contributed by atoms with Crippen LogP contribution < -0.4 is 11.3 Å². The van der Waals surface area contributed by atoms with E-state index in [1.807, 2.05) is 30.0 Å². The number of hydrogen-bond acceptors (Lipinski definition) is 3. The van der Waals surface area contributed by atoms with Gasteiger partial charge in [-0.3, -0.25) is 11.3 Å². The topological polar surface area (TPSA) is 38.0 Å². The van der Waals surface area contributed by atoms with Gasteiger partial charge in [0.15, 0.2) is 0 Å². The van der Waals surface area contributed by atoms with Crippen LogP contribution >= 0.6 is 35.0 Å². The zero-order chi connectivity index (χ0) is 12.3. The number of hydrazine groups is 1. The van der Waals surface area contributed by atoms with Gasteiger partial charge in [0.25, 0.3) is 0 Å². The van der Waals surface area contributed by atoms with Crippen molar-refractivity contribution in [2.24, 2.45) is 5.84 Å². The number of thioether (sulfide) groups is 1. The highest BCUT2D eigenvalue weighted by Crippen LogP contribution is 2.31. The van der Waals surface area contributed by atoms with E-state index in [9.17, 15) is 0 Å². The zero-order valence-electron chi connectivity index (χ0n) is 9.46. The highest BCUT2D eigenvalue weighted by molar-refractivity contribution is 8.00. The van der Waals surface area contributed by atoms with Crippen molar-refractivity contribution in [1.29, 1.82) is 0 Å². The van der Waals surface area contributed by atoms with Gasteiger partial charge in [-0.15, -0.1) is 0 Å². The van der Waals surface area contributed by atoms with E-state index in [0.29, 0.717) is 5.25 Å². The lowest BCUT2D eigenvalue weighted by molar-refractivity contribution is 0.496. The van der Waals surface area contributed by atoms with Crippen molar-refractivity contribution in [1.82, 2.24) is 5.43 Å². The molecule has 94 valence electrons. The fourth-order valence-corrected chi connectivity index (χ4v) is 3.92. The van der Waals surface area contributed by atoms with Gasteiger partial charge in [0.2, 0.25) is 0 Å². The summed E-state index contributed by atoms with van der Waals surface area (Å²) in [6.07, 6.45) is 3.32. The minimum absolute atomic E-state index is 0.262. The molecule has 1 aliphatic heterocycles. The van der Waals surface area contributed by atoms with E-state index in [-0.39, 0.29) is 6.04 Å². The van der Waals surface area contributed by atoms with Gasteiger partial charge in [-0.05, 0) is 48.8 Å². The molecule has 2 nitrogen and oxygen atoms in total. The Labute approximate surface area is 116 Å². The molecule has 1 aromatic carbocycles. The van der Waals surface area contributed by atoms with Crippen molar-refractivity contribution < 1.29 is 0 Å². The zero-order valence-corrected chi connectivity index (χ0v) is 11.8. The molecule has 2 rings (SSSR count). The van der Waals surface area contributed by atoms with E-state index >= 15 is 0 Å². The number of halogens is 2. The molecule has 0 radical (unpaired) electrons. The van der Waals surface area contributed by atoms with Crippen LogP contribution in [-0.2, 0) is 6.42 Å². The number of hydrogen-bond donors (Lipinski definition) is 2. The van der Waals surface area contributed by atoms with E-state index < -0.39 is 0 Å². The van der Waals surface area contributed by atoms with Crippen LogP contribution in [0.3, 0.4) is 0 Å². The monoisotopic (exact) mass is 290 g/mol. The van der Waals surface area contributed by atoms with Crippen LogP contribution in [-0.4, -0.2) is 17.0 Å². The highest BCUT2D eigenvalue weighted by Gasteiger charge is 2.25. The summed E-state index contributed by atoms with van der Waals surface area (Å²) in [5.74, 6) is 6.88. The third kappa shape index (κ3) is 3.52. The first kappa shape index (κ1) is 13.5. The highest BCUT2D eigenvalue weighted by atomic mass is 35.5. The molecular weight excluding hydrogens is 275 g/mol. The number of rotatable bonds is 4. The van der Waals surface area contributed by atoms with Crippen LogP contribution in [0.25, 0.3) is 0 Å². The smallest absolute Gasteiger partial charge is 0.0439 e. The molecule has 0 saturated carbocycles. The Morgan fingerprint density at radius 1 is 1.47 bits per heavy atom. The first-order valence-corrected chi connectivity index (χ1v) is 7.53. The maximum absolute atomic E-state index is 6.17. The van der Waals surface area contributed by atoms with E-state index in [1.165, 1.54) is 18.6 Å². The maximum Gasteiger partial charge on any atom is 0.0439 e. The third-order valence-electron chi connectivity index (χ3n) is 3.08. The molecule has 1 saturated heterocycles. The molecule has 1 fully saturated rings. The standard InChI is InChI=1S/C12H16Cl2N2S/c13-9-3-4-10(14)8(6-9)7-11(16-15)12-2-1-5-17-12/h3-4,6,11-12,16H,1-2,5,7,15H2. The summed E-state index contributed by atoms with van der Waals surface area (Å²) in [7, 11) is 0. The van der Waals surface area contributed by atoms with Crippen molar-refractivity contribution in [2.45, 2.75) is 30.6 Å². The van der Waals surface area contributed by atoms with Crippen LogP contribution in [0.15, 0.2) is 18.2 Å². The van der Waals surface area contributed by atoms with Gasteiger partial charge < -0.3 is 0 Å². The first-order valence-electron chi connectivity index (χ1n) is 5.72.